The Kier molecular flexibility index (Phi) is 3.90. The van der Waals surface area contributed by atoms with E-state index in [1.165, 1.54) is 6.92 Å². The molecule has 0 saturated carbocycles. The van der Waals surface area contributed by atoms with Crippen LogP contribution in [0, 0.1) is 6.92 Å². The van der Waals surface area contributed by atoms with Crippen molar-refractivity contribution >= 4 is 17.4 Å². The summed E-state index contributed by atoms with van der Waals surface area (Å²) in [5.74, 6) is -4.09. The van der Waals surface area contributed by atoms with E-state index in [9.17, 15) is 17.6 Å². The van der Waals surface area contributed by atoms with Gasteiger partial charge in [0.1, 0.15) is 17.3 Å². The van der Waals surface area contributed by atoms with Crippen molar-refractivity contribution in [3.05, 3.63) is 17.0 Å². The molecule has 3 nitrogen and oxygen atoms in total. The van der Waals surface area contributed by atoms with Gasteiger partial charge in [-0.15, -0.1) is 0 Å². The first-order valence-electron chi connectivity index (χ1n) is 4.21. The van der Waals surface area contributed by atoms with Crippen LogP contribution in [-0.4, -0.2) is 28.9 Å². The first kappa shape index (κ1) is 13.0. The molecule has 1 N–H and O–H groups in total. The van der Waals surface area contributed by atoms with E-state index in [-0.39, 0.29) is 11.0 Å². The second-order valence-corrected chi connectivity index (χ2v) is 3.41. The molecule has 0 spiro atoms. The lowest BCUT2D eigenvalue weighted by Gasteiger charge is -2.16. The summed E-state index contributed by atoms with van der Waals surface area (Å²) < 4.78 is 48.8. The number of halogens is 5. The number of hydrogen-bond donors (Lipinski definition) is 1. The highest BCUT2D eigenvalue weighted by Crippen LogP contribution is 2.24. The summed E-state index contributed by atoms with van der Waals surface area (Å²) in [6.07, 6.45) is -2.67. The Labute approximate surface area is 93.8 Å². The van der Waals surface area contributed by atoms with Crippen LogP contribution in [0.1, 0.15) is 5.56 Å². The fourth-order valence-corrected chi connectivity index (χ4v) is 1.02. The average Bonchev–Trinajstić information content (AvgIpc) is 2.20. The first-order valence-corrected chi connectivity index (χ1v) is 4.59. The Bertz CT molecular complexity index is 372. The van der Waals surface area contributed by atoms with E-state index in [0.29, 0.717) is 5.56 Å². The normalized spacial score (nSPS) is 11.9. The van der Waals surface area contributed by atoms with Crippen molar-refractivity contribution in [3.8, 4) is 0 Å². The molecule has 0 fully saturated rings. The third-order valence-electron chi connectivity index (χ3n) is 1.83. The number of nitrogens with one attached hydrogen (secondary N) is 1. The first-order chi connectivity index (χ1) is 7.34. The molecule has 0 atom stereocenters. The number of alkyl halides is 4. The molecule has 0 unspecified atom stereocenters. The van der Waals surface area contributed by atoms with Crippen molar-refractivity contribution in [2.75, 3.05) is 11.9 Å². The van der Waals surface area contributed by atoms with E-state index in [2.05, 4.69) is 15.3 Å². The number of rotatable bonds is 4. The quantitative estimate of drug-likeness (QED) is 0.666. The van der Waals surface area contributed by atoms with Crippen molar-refractivity contribution in [2.45, 2.75) is 19.3 Å². The molecule has 0 bridgehead atoms. The maximum atomic E-state index is 12.6. The summed E-state index contributed by atoms with van der Waals surface area (Å²) in [6.45, 7) is 0.282. The highest BCUT2D eigenvalue weighted by Gasteiger charge is 2.40. The van der Waals surface area contributed by atoms with Gasteiger partial charge in [0.2, 0.25) is 0 Å². The van der Waals surface area contributed by atoms with Crippen LogP contribution in [-0.2, 0) is 0 Å². The van der Waals surface area contributed by atoms with Gasteiger partial charge in [-0.2, -0.15) is 8.78 Å². The van der Waals surface area contributed by atoms with Crippen molar-refractivity contribution in [1.82, 2.24) is 9.97 Å². The number of aromatic nitrogens is 2. The molecule has 0 amide bonds. The molecule has 0 aliphatic carbocycles. The van der Waals surface area contributed by atoms with Gasteiger partial charge < -0.3 is 5.32 Å². The lowest BCUT2D eigenvalue weighted by atomic mass is 10.3. The Morgan fingerprint density at radius 1 is 1.44 bits per heavy atom. The number of nitrogens with zero attached hydrogens (tertiary/aromatic N) is 2. The summed E-state index contributed by atoms with van der Waals surface area (Å²) in [5.41, 5.74) is 0.328. The molecule has 0 radical (unpaired) electrons. The van der Waals surface area contributed by atoms with E-state index in [1.54, 1.807) is 0 Å². The van der Waals surface area contributed by atoms with Crippen molar-refractivity contribution in [2.24, 2.45) is 0 Å². The summed E-state index contributed by atoms with van der Waals surface area (Å²) >= 11 is 5.60. The largest absolute Gasteiger partial charge is 0.363 e. The molecule has 1 aromatic heterocycles. The van der Waals surface area contributed by atoms with Crippen LogP contribution in [0.4, 0.5) is 23.4 Å². The third kappa shape index (κ3) is 2.94. The zero-order valence-electron chi connectivity index (χ0n) is 8.15. The molecule has 0 saturated heterocycles. The van der Waals surface area contributed by atoms with E-state index >= 15 is 0 Å². The van der Waals surface area contributed by atoms with Gasteiger partial charge in [0, 0.05) is 5.56 Å². The Morgan fingerprint density at radius 2 is 2.06 bits per heavy atom. The molecule has 90 valence electrons. The SMILES string of the molecule is Cc1c(Cl)ncnc1NCC(F)(F)C(F)F. The van der Waals surface area contributed by atoms with Crippen LogP contribution in [0.5, 0.6) is 0 Å². The van der Waals surface area contributed by atoms with Gasteiger partial charge in [-0.3, -0.25) is 0 Å². The van der Waals surface area contributed by atoms with E-state index < -0.39 is 18.9 Å². The monoisotopic (exact) mass is 257 g/mol. The minimum Gasteiger partial charge on any atom is -0.363 e. The zero-order valence-corrected chi connectivity index (χ0v) is 8.90. The summed E-state index contributed by atoms with van der Waals surface area (Å²) in [6, 6.07) is 0. The predicted octanol–water partition coefficient (Wildman–Crippen LogP) is 2.75. The van der Waals surface area contributed by atoms with Crippen LogP contribution in [0.2, 0.25) is 5.15 Å². The lowest BCUT2D eigenvalue weighted by molar-refractivity contribution is -0.117. The number of hydrogen-bond acceptors (Lipinski definition) is 3. The maximum Gasteiger partial charge on any atom is 0.324 e. The van der Waals surface area contributed by atoms with Crippen LogP contribution in [0.25, 0.3) is 0 Å². The molecule has 8 heteroatoms. The van der Waals surface area contributed by atoms with E-state index in [0.717, 1.165) is 6.33 Å². The highest BCUT2D eigenvalue weighted by atomic mass is 35.5. The molecule has 0 aliphatic heterocycles. The van der Waals surface area contributed by atoms with Gasteiger partial charge >= 0.3 is 12.3 Å². The van der Waals surface area contributed by atoms with Gasteiger partial charge in [-0.05, 0) is 6.92 Å². The molecule has 0 aromatic carbocycles. The molecule has 1 aromatic rings. The molecule has 0 aliphatic rings. The minimum atomic E-state index is -4.11. The zero-order chi connectivity index (χ0) is 12.3. The molecular formula is C8H8ClF4N3. The standard InChI is InChI=1S/C8H8ClF4N3/c1-4-5(9)15-3-16-6(4)14-2-8(12,13)7(10)11/h3,7H,2H2,1H3,(H,14,15,16). The smallest absolute Gasteiger partial charge is 0.324 e. The number of anilines is 1. The van der Waals surface area contributed by atoms with Crippen LogP contribution >= 0.6 is 11.6 Å². The molecule has 16 heavy (non-hydrogen) atoms. The van der Waals surface area contributed by atoms with Crippen LogP contribution in [0.3, 0.4) is 0 Å². The molecular weight excluding hydrogens is 250 g/mol. The molecule has 1 heterocycles. The lowest BCUT2D eigenvalue weighted by Crippen LogP contribution is -2.35. The summed E-state index contributed by atoms with van der Waals surface area (Å²) in [5, 5.41) is 2.19. The van der Waals surface area contributed by atoms with E-state index in [1.807, 2.05) is 0 Å². The van der Waals surface area contributed by atoms with Crippen molar-refractivity contribution in [3.63, 3.8) is 0 Å². The van der Waals surface area contributed by atoms with E-state index in [4.69, 9.17) is 11.6 Å². The fourth-order valence-electron chi connectivity index (χ4n) is 0.886. The second-order valence-electron chi connectivity index (χ2n) is 3.05. The minimum absolute atomic E-state index is 0.0142. The van der Waals surface area contributed by atoms with Gasteiger partial charge in [0.05, 0.1) is 6.54 Å². The van der Waals surface area contributed by atoms with Crippen LogP contribution in [0.15, 0.2) is 6.33 Å². The second kappa shape index (κ2) is 4.82. The summed E-state index contributed by atoms with van der Waals surface area (Å²) in [4.78, 5) is 7.21. The van der Waals surface area contributed by atoms with Crippen molar-refractivity contribution in [1.29, 1.82) is 0 Å². The molecule has 1 rings (SSSR count). The fraction of sp³-hybridized carbons (Fsp3) is 0.500. The van der Waals surface area contributed by atoms with Gasteiger partial charge in [0.15, 0.2) is 0 Å². The average molecular weight is 258 g/mol. The Morgan fingerprint density at radius 3 is 2.62 bits per heavy atom. The highest BCUT2D eigenvalue weighted by molar-refractivity contribution is 6.30. The van der Waals surface area contributed by atoms with Crippen LogP contribution < -0.4 is 5.32 Å². The topological polar surface area (TPSA) is 37.8 Å². The van der Waals surface area contributed by atoms with Gasteiger partial charge in [-0.25, -0.2) is 18.7 Å². The van der Waals surface area contributed by atoms with Gasteiger partial charge in [0.25, 0.3) is 0 Å². The maximum absolute atomic E-state index is 12.6. The Balaban J connectivity index is 2.72. The summed E-state index contributed by atoms with van der Waals surface area (Å²) in [7, 11) is 0. The predicted molar refractivity (Wildman–Crippen MR) is 51.2 cm³/mol. The van der Waals surface area contributed by atoms with Gasteiger partial charge in [-0.1, -0.05) is 11.6 Å². The Hall–Kier alpha value is -1.11. The van der Waals surface area contributed by atoms with Crippen molar-refractivity contribution < 1.29 is 17.6 Å². The third-order valence-corrected chi connectivity index (χ3v) is 2.21.